The Bertz CT molecular complexity index is 626. The molecular formula is C16H16BrNO2. The Balaban J connectivity index is 2.06. The molecule has 0 aliphatic carbocycles. The van der Waals surface area contributed by atoms with Crippen LogP contribution in [0.1, 0.15) is 21.5 Å². The van der Waals surface area contributed by atoms with Gasteiger partial charge in [0.05, 0.1) is 5.56 Å². The molecule has 0 aliphatic heterocycles. The number of carboxylic acid groups (broad SMARTS) is 1. The molecule has 0 saturated heterocycles. The molecule has 0 atom stereocenters. The van der Waals surface area contributed by atoms with Gasteiger partial charge in [0.1, 0.15) is 0 Å². The van der Waals surface area contributed by atoms with Gasteiger partial charge in [-0.25, -0.2) is 4.79 Å². The lowest BCUT2D eigenvalue weighted by atomic mass is 10.1. The summed E-state index contributed by atoms with van der Waals surface area (Å²) in [5, 5.41) is 12.4. The van der Waals surface area contributed by atoms with Crippen LogP contribution in [0.2, 0.25) is 0 Å². The average molecular weight is 334 g/mol. The summed E-state index contributed by atoms with van der Waals surface area (Å²) < 4.78 is 0.862. The molecule has 0 unspecified atom stereocenters. The molecule has 0 heterocycles. The molecule has 4 heteroatoms. The van der Waals surface area contributed by atoms with Crippen LogP contribution in [0.5, 0.6) is 0 Å². The van der Waals surface area contributed by atoms with Crippen LogP contribution in [-0.4, -0.2) is 17.6 Å². The Morgan fingerprint density at radius 3 is 2.70 bits per heavy atom. The fourth-order valence-corrected chi connectivity index (χ4v) is 2.43. The second kappa shape index (κ2) is 6.57. The van der Waals surface area contributed by atoms with E-state index < -0.39 is 5.97 Å². The van der Waals surface area contributed by atoms with Gasteiger partial charge in [0.15, 0.2) is 0 Å². The van der Waals surface area contributed by atoms with E-state index in [0.29, 0.717) is 12.2 Å². The SMILES string of the molecule is Cc1ccccc1CCNc1cc(Br)ccc1C(=O)O. The second-order valence-electron chi connectivity index (χ2n) is 4.60. The summed E-state index contributed by atoms with van der Waals surface area (Å²) in [5.74, 6) is -0.920. The third-order valence-corrected chi connectivity index (χ3v) is 3.68. The standard InChI is InChI=1S/C16H16BrNO2/c1-11-4-2-3-5-12(11)8-9-18-15-10-13(17)6-7-14(15)16(19)20/h2-7,10,18H,8-9H2,1H3,(H,19,20). The lowest BCUT2D eigenvalue weighted by Crippen LogP contribution is -2.10. The molecule has 2 aromatic carbocycles. The molecule has 0 amide bonds. The van der Waals surface area contributed by atoms with Gasteiger partial charge >= 0.3 is 5.97 Å². The zero-order valence-corrected chi connectivity index (χ0v) is 12.8. The monoisotopic (exact) mass is 333 g/mol. The van der Waals surface area contributed by atoms with Crippen LogP contribution in [-0.2, 0) is 6.42 Å². The fraction of sp³-hybridized carbons (Fsp3) is 0.188. The number of halogens is 1. The number of anilines is 1. The number of rotatable bonds is 5. The van der Waals surface area contributed by atoms with Crippen LogP contribution in [0.3, 0.4) is 0 Å². The predicted octanol–water partition coefficient (Wildman–Crippen LogP) is 4.11. The van der Waals surface area contributed by atoms with Crippen molar-refractivity contribution in [2.75, 3.05) is 11.9 Å². The zero-order chi connectivity index (χ0) is 14.5. The summed E-state index contributed by atoms with van der Waals surface area (Å²) in [6.45, 7) is 2.78. The molecule has 2 rings (SSSR count). The highest BCUT2D eigenvalue weighted by atomic mass is 79.9. The van der Waals surface area contributed by atoms with Crippen LogP contribution in [0.4, 0.5) is 5.69 Å². The number of aromatic carboxylic acids is 1. The third kappa shape index (κ3) is 3.61. The highest BCUT2D eigenvalue weighted by Gasteiger charge is 2.09. The van der Waals surface area contributed by atoms with Crippen molar-refractivity contribution in [2.45, 2.75) is 13.3 Å². The van der Waals surface area contributed by atoms with Crippen molar-refractivity contribution >= 4 is 27.6 Å². The Kier molecular flexibility index (Phi) is 4.79. The van der Waals surface area contributed by atoms with E-state index in [1.54, 1.807) is 18.2 Å². The fourth-order valence-electron chi connectivity index (χ4n) is 2.07. The van der Waals surface area contributed by atoms with E-state index in [4.69, 9.17) is 5.11 Å². The normalized spacial score (nSPS) is 10.3. The number of benzene rings is 2. The molecule has 0 aliphatic rings. The van der Waals surface area contributed by atoms with Gasteiger partial charge in [-0.05, 0) is 42.7 Å². The number of hydrogen-bond donors (Lipinski definition) is 2. The van der Waals surface area contributed by atoms with Crippen molar-refractivity contribution in [1.82, 2.24) is 0 Å². The lowest BCUT2D eigenvalue weighted by Gasteiger charge is -2.11. The molecule has 104 valence electrons. The first-order chi connectivity index (χ1) is 9.58. The van der Waals surface area contributed by atoms with Crippen LogP contribution in [0.25, 0.3) is 0 Å². The van der Waals surface area contributed by atoms with E-state index in [1.807, 2.05) is 12.1 Å². The summed E-state index contributed by atoms with van der Waals surface area (Å²) in [4.78, 5) is 11.2. The predicted molar refractivity (Wildman–Crippen MR) is 84.5 cm³/mol. The number of carbonyl (C=O) groups is 1. The molecule has 0 aromatic heterocycles. The Hall–Kier alpha value is -1.81. The van der Waals surface area contributed by atoms with Crippen molar-refractivity contribution in [2.24, 2.45) is 0 Å². The molecule has 2 aromatic rings. The molecule has 0 saturated carbocycles. The lowest BCUT2D eigenvalue weighted by molar-refractivity contribution is 0.0698. The molecule has 0 spiro atoms. The van der Waals surface area contributed by atoms with Crippen molar-refractivity contribution in [3.8, 4) is 0 Å². The van der Waals surface area contributed by atoms with Gasteiger partial charge in [-0.2, -0.15) is 0 Å². The quantitative estimate of drug-likeness (QED) is 0.865. The average Bonchev–Trinajstić information content (AvgIpc) is 2.41. The first kappa shape index (κ1) is 14.6. The van der Waals surface area contributed by atoms with Gasteiger partial charge in [-0.15, -0.1) is 0 Å². The van der Waals surface area contributed by atoms with E-state index >= 15 is 0 Å². The third-order valence-electron chi connectivity index (χ3n) is 3.18. The Morgan fingerprint density at radius 2 is 2.00 bits per heavy atom. The summed E-state index contributed by atoms with van der Waals surface area (Å²) in [5.41, 5.74) is 3.45. The summed E-state index contributed by atoms with van der Waals surface area (Å²) in [6, 6.07) is 13.3. The highest BCUT2D eigenvalue weighted by molar-refractivity contribution is 9.10. The van der Waals surface area contributed by atoms with Gasteiger partial charge in [0, 0.05) is 16.7 Å². The molecular weight excluding hydrogens is 318 g/mol. The maximum atomic E-state index is 11.2. The smallest absolute Gasteiger partial charge is 0.337 e. The molecule has 0 fully saturated rings. The minimum atomic E-state index is -0.920. The van der Waals surface area contributed by atoms with Crippen LogP contribution in [0, 0.1) is 6.92 Å². The Morgan fingerprint density at radius 1 is 1.25 bits per heavy atom. The molecule has 0 radical (unpaired) electrons. The molecule has 3 nitrogen and oxygen atoms in total. The molecule has 0 bridgehead atoms. The molecule has 20 heavy (non-hydrogen) atoms. The van der Waals surface area contributed by atoms with Gasteiger partial charge in [-0.1, -0.05) is 40.2 Å². The van der Waals surface area contributed by atoms with E-state index in [0.717, 1.165) is 10.9 Å². The van der Waals surface area contributed by atoms with E-state index in [9.17, 15) is 4.79 Å². The zero-order valence-electron chi connectivity index (χ0n) is 11.2. The maximum absolute atomic E-state index is 11.2. The van der Waals surface area contributed by atoms with Crippen LogP contribution in [0.15, 0.2) is 46.9 Å². The maximum Gasteiger partial charge on any atom is 0.337 e. The van der Waals surface area contributed by atoms with E-state index in [1.165, 1.54) is 11.1 Å². The first-order valence-electron chi connectivity index (χ1n) is 6.39. The highest BCUT2D eigenvalue weighted by Crippen LogP contribution is 2.21. The number of aryl methyl sites for hydroxylation is 1. The van der Waals surface area contributed by atoms with Crippen molar-refractivity contribution in [3.05, 3.63) is 63.6 Å². The van der Waals surface area contributed by atoms with Gasteiger partial charge in [0.2, 0.25) is 0 Å². The van der Waals surface area contributed by atoms with Crippen molar-refractivity contribution in [1.29, 1.82) is 0 Å². The second-order valence-corrected chi connectivity index (χ2v) is 5.51. The Labute approximate surface area is 126 Å². The number of hydrogen-bond acceptors (Lipinski definition) is 2. The first-order valence-corrected chi connectivity index (χ1v) is 7.18. The number of nitrogens with one attached hydrogen (secondary N) is 1. The summed E-state index contributed by atoms with van der Waals surface area (Å²) in [7, 11) is 0. The number of carboxylic acids is 1. The van der Waals surface area contributed by atoms with E-state index in [-0.39, 0.29) is 5.56 Å². The van der Waals surface area contributed by atoms with Crippen LogP contribution < -0.4 is 5.32 Å². The van der Waals surface area contributed by atoms with Crippen molar-refractivity contribution in [3.63, 3.8) is 0 Å². The van der Waals surface area contributed by atoms with E-state index in [2.05, 4.69) is 40.3 Å². The van der Waals surface area contributed by atoms with Crippen LogP contribution >= 0.6 is 15.9 Å². The summed E-state index contributed by atoms with van der Waals surface area (Å²) in [6.07, 6.45) is 0.859. The molecule has 2 N–H and O–H groups in total. The van der Waals surface area contributed by atoms with Gasteiger partial charge < -0.3 is 10.4 Å². The van der Waals surface area contributed by atoms with Crippen molar-refractivity contribution < 1.29 is 9.90 Å². The summed E-state index contributed by atoms with van der Waals surface area (Å²) >= 11 is 3.36. The van der Waals surface area contributed by atoms with Gasteiger partial charge in [-0.3, -0.25) is 0 Å². The van der Waals surface area contributed by atoms with Gasteiger partial charge in [0.25, 0.3) is 0 Å². The minimum absolute atomic E-state index is 0.290. The largest absolute Gasteiger partial charge is 0.478 e. The topological polar surface area (TPSA) is 49.3 Å². The minimum Gasteiger partial charge on any atom is -0.478 e.